The number of hydrogen-bond donors (Lipinski definition) is 1. The van der Waals surface area contributed by atoms with E-state index in [4.69, 9.17) is 16.3 Å². The number of benzene rings is 1. The normalized spacial score (nSPS) is 21.1. The van der Waals surface area contributed by atoms with Crippen molar-refractivity contribution in [1.82, 2.24) is 4.90 Å². The molecule has 0 unspecified atom stereocenters. The number of imide groups is 1. The summed E-state index contributed by atoms with van der Waals surface area (Å²) in [4.78, 5) is 26.2. The molecule has 1 aliphatic heterocycles. The predicted octanol–water partition coefficient (Wildman–Crippen LogP) is 2.93. The molecular formula is C19H24ClNO4. The zero-order valence-corrected chi connectivity index (χ0v) is 15.0. The van der Waals surface area contributed by atoms with Crippen molar-refractivity contribution in [2.24, 2.45) is 5.41 Å². The molecule has 2 amide bonds. The smallest absolute Gasteiger partial charge is 0.235 e. The van der Waals surface area contributed by atoms with E-state index in [1.807, 2.05) is 18.2 Å². The van der Waals surface area contributed by atoms with Crippen LogP contribution in [0.4, 0.5) is 0 Å². The number of hydrogen-bond acceptors (Lipinski definition) is 4. The Morgan fingerprint density at radius 2 is 1.92 bits per heavy atom. The monoisotopic (exact) mass is 365 g/mol. The lowest BCUT2D eigenvalue weighted by atomic mass is 9.73. The number of aliphatic hydroxyl groups excluding tert-OH is 1. The summed E-state index contributed by atoms with van der Waals surface area (Å²) in [5.74, 6) is -0.278. The highest BCUT2D eigenvalue weighted by Gasteiger charge is 2.51. The van der Waals surface area contributed by atoms with E-state index >= 15 is 0 Å². The summed E-state index contributed by atoms with van der Waals surface area (Å²) in [7, 11) is 0. The average Bonchev–Trinajstić information content (AvgIpc) is 2.81. The van der Waals surface area contributed by atoms with Gasteiger partial charge in [-0.1, -0.05) is 49.1 Å². The number of carbonyl (C=O) groups is 2. The van der Waals surface area contributed by atoms with Crippen LogP contribution in [0.3, 0.4) is 0 Å². The van der Waals surface area contributed by atoms with Gasteiger partial charge in [-0.15, -0.1) is 0 Å². The SMILES string of the molecule is O=C1CC2(CCCCC2)C(=O)N1C[C@@H](O)COCc1ccccc1Cl. The quantitative estimate of drug-likeness (QED) is 0.787. The number of nitrogens with zero attached hydrogens (tertiary/aromatic N) is 1. The second kappa shape index (κ2) is 7.85. The van der Waals surface area contributed by atoms with Gasteiger partial charge in [-0.3, -0.25) is 14.5 Å². The zero-order valence-electron chi connectivity index (χ0n) is 14.2. The fraction of sp³-hybridized carbons (Fsp3) is 0.579. The van der Waals surface area contributed by atoms with Gasteiger partial charge in [-0.25, -0.2) is 0 Å². The first-order chi connectivity index (χ1) is 12.0. The molecular weight excluding hydrogens is 342 g/mol. The highest BCUT2D eigenvalue weighted by atomic mass is 35.5. The Morgan fingerprint density at radius 3 is 2.64 bits per heavy atom. The van der Waals surface area contributed by atoms with E-state index in [1.54, 1.807) is 6.07 Å². The molecule has 1 saturated heterocycles. The summed E-state index contributed by atoms with van der Waals surface area (Å²) in [6, 6.07) is 7.34. The minimum absolute atomic E-state index is 0.00192. The molecule has 0 aromatic heterocycles. The molecule has 1 aliphatic carbocycles. The number of likely N-dealkylation sites (tertiary alicyclic amines) is 1. The molecule has 2 fully saturated rings. The Morgan fingerprint density at radius 1 is 1.20 bits per heavy atom. The van der Waals surface area contributed by atoms with Crippen LogP contribution in [0.5, 0.6) is 0 Å². The number of amides is 2. The molecule has 1 aromatic rings. The van der Waals surface area contributed by atoms with Crippen LogP contribution < -0.4 is 0 Å². The van der Waals surface area contributed by atoms with E-state index in [1.165, 1.54) is 4.90 Å². The van der Waals surface area contributed by atoms with Gasteiger partial charge < -0.3 is 9.84 Å². The molecule has 136 valence electrons. The maximum atomic E-state index is 12.7. The van der Waals surface area contributed by atoms with Crippen molar-refractivity contribution in [2.75, 3.05) is 13.2 Å². The van der Waals surface area contributed by atoms with Gasteiger partial charge in [0.25, 0.3) is 0 Å². The van der Waals surface area contributed by atoms with Crippen LogP contribution in [0, 0.1) is 5.41 Å². The lowest BCUT2D eigenvalue weighted by Gasteiger charge is -2.30. The van der Waals surface area contributed by atoms with Crippen molar-refractivity contribution >= 4 is 23.4 Å². The molecule has 1 saturated carbocycles. The van der Waals surface area contributed by atoms with Crippen LogP contribution in [0.25, 0.3) is 0 Å². The summed E-state index contributed by atoms with van der Waals surface area (Å²) < 4.78 is 5.50. The molecule has 1 spiro atoms. The highest BCUT2D eigenvalue weighted by molar-refractivity contribution is 6.31. The first kappa shape index (κ1) is 18.4. The third kappa shape index (κ3) is 4.05. The van der Waals surface area contributed by atoms with Crippen molar-refractivity contribution in [2.45, 2.75) is 51.2 Å². The fourth-order valence-electron chi connectivity index (χ4n) is 3.85. The molecule has 1 aromatic carbocycles. The Hall–Kier alpha value is -1.43. The topological polar surface area (TPSA) is 66.8 Å². The molecule has 0 radical (unpaired) electrons. The van der Waals surface area contributed by atoms with Gasteiger partial charge in [0.1, 0.15) is 0 Å². The summed E-state index contributed by atoms with van der Waals surface area (Å²) in [6.07, 6.45) is 4.09. The maximum Gasteiger partial charge on any atom is 0.235 e. The molecule has 0 bridgehead atoms. The predicted molar refractivity (Wildman–Crippen MR) is 94.0 cm³/mol. The number of β-amino-alcohol motifs (C(OH)–C–C–N with tert-alkyl or cyclic N) is 1. The number of carbonyl (C=O) groups excluding carboxylic acids is 2. The average molecular weight is 366 g/mol. The molecule has 1 N–H and O–H groups in total. The molecule has 1 atom stereocenters. The van der Waals surface area contributed by atoms with E-state index in [-0.39, 0.29) is 31.6 Å². The van der Waals surface area contributed by atoms with Crippen LogP contribution in [0.2, 0.25) is 5.02 Å². The molecule has 5 nitrogen and oxygen atoms in total. The minimum atomic E-state index is -0.894. The summed E-state index contributed by atoms with van der Waals surface area (Å²) in [5.41, 5.74) is 0.332. The third-order valence-corrected chi connectivity index (χ3v) is 5.59. The van der Waals surface area contributed by atoms with Gasteiger partial charge >= 0.3 is 0 Å². The number of ether oxygens (including phenoxy) is 1. The van der Waals surface area contributed by atoms with Crippen molar-refractivity contribution < 1.29 is 19.4 Å². The van der Waals surface area contributed by atoms with E-state index < -0.39 is 11.5 Å². The first-order valence-corrected chi connectivity index (χ1v) is 9.24. The lowest BCUT2D eigenvalue weighted by molar-refractivity contribution is -0.144. The van der Waals surface area contributed by atoms with Gasteiger partial charge in [-0.2, -0.15) is 0 Å². The van der Waals surface area contributed by atoms with Gasteiger partial charge in [0.15, 0.2) is 0 Å². The molecule has 6 heteroatoms. The Labute approximate surface area is 152 Å². The number of aliphatic hydroxyl groups is 1. The minimum Gasteiger partial charge on any atom is -0.389 e. The van der Waals surface area contributed by atoms with Crippen molar-refractivity contribution in [3.05, 3.63) is 34.9 Å². The van der Waals surface area contributed by atoms with Crippen molar-refractivity contribution in [3.8, 4) is 0 Å². The Bertz CT molecular complexity index is 642. The lowest BCUT2D eigenvalue weighted by Crippen LogP contribution is -2.42. The van der Waals surface area contributed by atoms with Crippen LogP contribution in [-0.4, -0.2) is 41.1 Å². The van der Waals surface area contributed by atoms with E-state index in [9.17, 15) is 14.7 Å². The van der Waals surface area contributed by atoms with Crippen LogP contribution in [0.15, 0.2) is 24.3 Å². The Kier molecular flexibility index (Phi) is 5.77. The molecule has 3 rings (SSSR count). The number of halogens is 1. The first-order valence-electron chi connectivity index (χ1n) is 8.86. The van der Waals surface area contributed by atoms with Crippen molar-refractivity contribution in [3.63, 3.8) is 0 Å². The summed E-state index contributed by atoms with van der Waals surface area (Å²) >= 11 is 6.06. The largest absolute Gasteiger partial charge is 0.389 e. The van der Waals surface area contributed by atoms with E-state index in [2.05, 4.69) is 0 Å². The standard InChI is InChI=1S/C19H24ClNO4/c20-16-7-3-2-6-14(16)12-25-13-15(22)11-21-17(23)10-19(18(21)24)8-4-1-5-9-19/h2-3,6-7,15,22H,1,4-5,8-13H2/t15-/m1/s1. The van der Waals surface area contributed by atoms with E-state index in [0.29, 0.717) is 11.4 Å². The highest BCUT2D eigenvalue weighted by Crippen LogP contribution is 2.45. The van der Waals surface area contributed by atoms with E-state index in [0.717, 1.165) is 37.7 Å². The molecule has 2 aliphatic rings. The number of rotatable bonds is 6. The van der Waals surface area contributed by atoms with Crippen molar-refractivity contribution in [1.29, 1.82) is 0 Å². The van der Waals surface area contributed by atoms with Gasteiger partial charge in [-0.05, 0) is 24.5 Å². The van der Waals surface area contributed by atoms with Crippen LogP contribution in [0.1, 0.15) is 44.1 Å². The van der Waals surface area contributed by atoms with Crippen LogP contribution >= 0.6 is 11.6 Å². The Balaban J connectivity index is 1.51. The van der Waals surface area contributed by atoms with Gasteiger partial charge in [0.05, 0.1) is 31.3 Å². The third-order valence-electron chi connectivity index (χ3n) is 5.22. The summed E-state index contributed by atoms with van der Waals surface area (Å²) in [5, 5.41) is 10.8. The zero-order chi connectivity index (χ0) is 17.9. The molecule has 25 heavy (non-hydrogen) atoms. The van der Waals surface area contributed by atoms with Gasteiger partial charge in [0.2, 0.25) is 11.8 Å². The van der Waals surface area contributed by atoms with Gasteiger partial charge in [0, 0.05) is 11.4 Å². The van der Waals surface area contributed by atoms with Crippen LogP contribution in [-0.2, 0) is 20.9 Å². The fourth-order valence-corrected chi connectivity index (χ4v) is 4.04. The maximum absolute atomic E-state index is 12.7. The second-order valence-electron chi connectivity index (χ2n) is 7.09. The molecule has 1 heterocycles. The second-order valence-corrected chi connectivity index (χ2v) is 7.49. The summed E-state index contributed by atoms with van der Waals surface area (Å²) in [6.45, 7) is 0.333.